The van der Waals surface area contributed by atoms with Crippen LogP contribution in [0.5, 0.6) is 11.5 Å². The second-order valence-corrected chi connectivity index (χ2v) is 7.10. The van der Waals surface area contributed by atoms with Gasteiger partial charge < -0.3 is 15.2 Å². The van der Waals surface area contributed by atoms with Crippen molar-refractivity contribution in [3.8, 4) is 11.5 Å². The van der Waals surface area contributed by atoms with Crippen molar-refractivity contribution in [2.75, 3.05) is 13.2 Å². The highest BCUT2D eigenvalue weighted by atomic mass is 79.9. The normalized spacial score (nSPS) is 10.6. The molecule has 3 N–H and O–H groups in total. The SMILES string of the molecule is CCOc1cc(/C=N/NC(=O)CCCNC(=O)c2cccc([N+](=O)[O-])c2)cc(Br)c1O. The number of aromatic hydroxyl groups is 1. The number of nitro benzene ring substituents is 1. The number of carbonyl (C=O) groups excluding carboxylic acids is 2. The Morgan fingerprint density at radius 3 is 2.81 bits per heavy atom. The summed E-state index contributed by atoms with van der Waals surface area (Å²) in [6.07, 6.45) is 1.89. The number of benzene rings is 2. The van der Waals surface area contributed by atoms with Crippen molar-refractivity contribution >= 4 is 39.6 Å². The lowest BCUT2D eigenvalue weighted by molar-refractivity contribution is -0.384. The number of non-ortho nitro benzene ring substituents is 1. The number of amides is 2. The lowest BCUT2D eigenvalue weighted by Crippen LogP contribution is -2.26. The first-order valence-corrected chi connectivity index (χ1v) is 10.1. The Hall–Kier alpha value is -3.47. The molecule has 164 valence electrons. The Morgan fingerprint density at radius 2 is 2.10 bits per heavy atom. The number of nitrogens with one attached hydrogen (secondary N) is 2. The van der Waals surface area contributed by atoms with E-state index in [1.54, 1.807) is 19.1 Å². The first kappa shape index (κ1) is 23.8. The molecule has 0 fully saturated rings. The van der Waals surface area contributed by atoms with Gasteiger partial charge in [-0.05, 0) is 53.0 Å². The van der Waals surface area contributed by atoms with Gasteiger partial charge in [-0.15, -0.1) is 0 Å². The van der Waals surface area contributed by atoms with E-state index in [-0.39, 0.29) is 35.9 Å². The predicted molar refractivity (Wildman–Crippen MR) is 117 cm³/mol. The molecule has 2 rings (SSSR count). The van der Waals surface area contributed by atoms with Crippen molar-refractivity contribution in [2.45, 2.75) is 19.8 Å². The van der Waals surface area contributed by atoms with Crippen LogP contribution in [0.1, 0.15) is 35.7 Å². The number of halogens is 1. The minimum Gasteiger partial charge on any atom is -0.503 e. The van der Waals surface area contributed by atoms with E-state index in [2.05, 4.69) is 31.8 Å². The molecule has 0 saturated heterocycles. The highest BCUT2D eigenvalue weighted by Gasteiger charge is 2.11. The van der Waals surface area contributed by atoms with Gasteiger partial charge in [0.1, 0.15) is 0 Å². The predicted octanol–water partition coefficient (Wildman–Crippen LogP) is 3.12. The summed E-state index contributed by atoms with van der Waals surface area (Å²) in [5, 5.41) is 27.1. The number of hydrazone groups is 1. The largest absolute Gasteiger partial charge is 0.503 e. The zero-order valence-corrected chi connectivity index (χ0v) is 18.2. The Kier molecular flexibility index (Phi) is 8.94. The molecule has 0 heterocycles. The minimum absolute atomic E-state index is 0.0183. The molecule has 0 radical (unpaired) electrons. The number of ether oxygens (including phenoxy) is 1. The van der Waals surface area contributed by atoms with Gasteiger partial charge in [0.05, 0.1) is 22.2 Å². The molecule has 0 unspecified atom stereocenters. The van der Waals surface area contributed by atoms with Crippen molar-refractivity contribution in [3.63, 3.8) is 0 Å². The molecule has 31 heavy (non-hydrogen) atoms. The van der Waals surface area contributed by atoms with Crippen LogP contribution in [-0.4, -0.2) is 41.2 Å². The molecular weight excluding hydrogens is 472 g/mol. The molecule has 0 bridgehead atoms. The van der Waals surface area contributed by atoms with Crippen LogP contribution in [0.15, 0.2) is 46.0 Å². The molecule has 0 aliphatic heterocycles. The van der Waals surface area contributed by atoms with Gasteiger partial charge in [-0.2, -0.15) is 5.10 Å². The highest BCUT2D eigenvalue weighted by Crippen LogP contribution is 2.35. The van der Waals surface area contributed by atoms with E-state index in [1.807, 2.05) is 0 Å². The summed E-state index contributed by atoms with van der Waals surface area (Å²) < 4.78 is 5.76. The van der Waals surface area contributed by atoms with E-state index in [4.69, 9.17) is 4.74 Å². The van der Waals surface area contributed by atoms with Gasteiger partial charge in [0.25, 0.3) is 11.6 Å². The molecule has 0 aromatic heterocycles. The zero-order chi connectivity index (χ0) is 22.8. The molecule has 0 spiro atoms. The van der Waals surface area contributed by atoms with Gasteiger partial charge >= 0.3 is 0 Å². The molecule has 2 aromatic rings. The van der Waals surface area contributed by atoms with Crippen LogP contribution in [0.3, 0.4) is 0 Å². The lowest BCUT2D eigenvalue weighted by atomic mass is 10.2. The van der Waals surface area contributed by atoms with Gasteiger partial charge in [0.2, 0.25) is 5.91 Å². The third-order valence-electron chi connectivity index (χ3n) is 3.94. The van der Waals surface area contributed by atoms with Gasteiger partial charge in [0.15, 0.2) is 11.5 Å². The van der Waals surface area contributed by atoms with Crippen molar-refractivity contribution in [1.29, 1.82) is 0 Å². The van der Waals surface area contributed by atoms with E-state index in [0.717, 1.165) is 0 Å². The topological polar surface area (TPSA) is 143 Å². The van der Waals surface area contributed by atoms with Crippen LogP contribution < -0.4 is 15.5 Å². The Bertz CT molecular complexity index is 996. The fraction of sp³-hybridized carbons (Fsp3) is 0.250. The van der Waals surface area contributed by atoms with Crippen LogP contribution in [0.25, 0.3) is 0 Å². The monoisotopic (exact) mass is 492 g/mol. The average molecular weight is 493 g/mol. The summed E-state index contributed by atoms with van der Waals surface area (Å²) >= 11 is 3.22. The fourth-order valence-corrected chi connectivity index (χ4v) is 2.94. The summed E-state index contributed by atoms with van der Waals surface area (Å²) in [5.41, 5.74) is 3.00. The van der Waals surface area contributed by atoms with Crippen molar-refractivity contribution in [2.24, 2.45) is 5.10 Å². The van der Waals surface area contributed by atoms with E-state index in [1.165, 1.54) is 30.5 Å². The summed E-state index contributed by atoms with van der Waals surface area (Å²) in [6.45, 7) is 2.40. The van der Waals surface area contributed by atoms with Gasteiger partial charge in [-0.25, -0.2) is 5.43 Å². The lowest BCUT2D eigenvalue weighted by Gasteiger charge is -2.08. The number of phenolic OH excluding ortho intramolecular Hbond substituents is 1. The number of nitro groups is 1. The average Bonchev–Trinajstić information content (AvgIpc) is 2.74. The first-order chi connectivity index (χ1) is 14.8. The second kappa shape index (κ2) is 11.6. The third-order valence-corrected chi connectivity index (χ3v) is 4.54. The number of rotatable bonds is 10. The first-order valence-electron chi connectivity index (χ1n) is 9.31. The maximum absolute atomic E-state index is 12.0. The number of nitrogens with zero attached hydrogens (tertiary/aromatic N) is 2. The van der Waals surface area contributed by atoms with E-state index >= 15 is 0 Å². The molecule has 0 saturated carbocycles. The standard InChI is InChI=1S/C20H21BrN4O6/c1-2-31-17-10-13(9-16(21)19(17)27)12-23-24-18(26)7-4-8-22-20(28)14-5-3-6-15(11-14)25(29)30/h3,5-6,9-12,27H,2,4,7-8H2,1H3,(H,22,28)(H,24,26)/b23-12+. The number of hydrogen-bond donors (Lipinski definition) is 3. The van der Waals surface area contributed by atoms with Crippen LogP contribution in [-0.2, 0) is 4.79 Å². The molecule has 0 atom stereocenters. The molecular formula is C20H21BrN4O6. The Balaban J connectivity index is 1.77. The molecule has 0 aliphatic rings. The quantitative estimate of drug-likeness (QED) is 0.201. The van der Waals surface area contributed by atoms with Gasteiger partial charge in [-0.1, -0.05) is 6.07 Å². The third kappa shape index (κ3) is 7.37. The van der Waals surface area contributed by atoms with E-state index in [0.29, 0.717) is 28.8 Å². The summed E-state index contributed by atoms with van der Waals surface area (Å²) in [7, 11) is 0. The Morgan fingerprint density at radius 1 is 1.32 bits per heavy atom. The smallest absolute Gasteiger partial charge is 0.270 e. The molecule has 11 heteroatoms. The van der Waals surface area contributed by atoms with Crippen LogP contribution >= 0.6 is 15.9 Å². The van der Waals surface area contributed by atoms with Gasteiger partial charge in [0, 0.05) is 30.7 Å². The van der Waals surface area contributed by atoms with Crippen LogP contribution in [0.2, 0.25) is 0 Å². The summed E-state index contributed by atoms with van der Waals surface area (Å²) in [5.74, 6) is -0.520. The molecule has 2 aromatic carbocycles. The summed E-state index contributed by atoms with van der Waals surface area (Å²) in [4.78, 5) is 34.1. The maximum atomic E-state index is 12.0. The van der Waals surface area contributed by atoms with Crippen molar-refractivity contribution < 1.29 is 24.4 Å². The van der Waals surface area contributed by atoms with Crippen LogP contribution in [0.4, 0.5) is 5.69 Å². The van der Waals surface area contributed by atoms with Crippen LogP contribution in [0, 0.1) is 10.1 Å². The number of hydrogen-bond acceptors (Lipinski definition) is 7. The minimum atomic E-state index is -0.573. The second-order valence-electron chi connectivity index (χ2n) is 6.24. The van der Waals surface area contributed by atoms with Crippen molar-refractivity contribution in [1.82, 2.24) is 10.7 Å². The summed E-state index contributed by atoms with van der Waals surface area (Å²) in [6, 6.07) is 8.61. The number of phenols is 1. The van der Waals surface area contributed by atoms with E-state index in [9.17, 15) is 24.8 Å². The Labute approximate surface area is 186 Å². The molecule has 2 amide bonds. The number of carbonyl (C=O) groups is 2. The fourth-order valence-electron chi connectivity index (χ4n) is 2.48. The molecule has 10 nitrogen and oxygen atoms in total. The highest BCUT2D eigenvalue weighted by molar-refractivity contribution is 9.10. The van der Waals surface area contributed by atoms with Crippen molar-refractivity contribution in [3.05, 3.63) is 62.1 Å². The zero-order valence-electron chi connectivity index (χ0n) is 16.6. The maximum Gasteiger partial charge on any atom is 0.270 e. The van der Waals surface area contributed by atoms with Gasteiger partial charge in [-0.3, -0.25) is 19.7 Å². The molecule has 0 aliphatic carbocycles. The van der Waals surface area contributed by atoms with E-state index < -0.39 is 10.8 Å².